The fourth-order valence-electron chi connectivity index (χ4n) is 2.86. The van der Waals surface area contributed by atoms with E-state index in [-0.39, 0.29) is 13.0 Å². The average molecular weight is 397 g/mol. The minimum atomic E-state index is -0.988. The van der Waals surface area contributed by atoms with E-state index in [1.54, 1.807) is 6.92 Å². The molecule has 2 aromatic carbocycles. The number of nitrogens with one attached hydrogen (secondary N) is 2. The Bertz CT molecular complexity index is 796. The lowest BCUT2D eigenvalue weighted by atomic mass is 10.1. The van der Waals surface area contributed by atoms with E-state index in [0.29, 0.717) is 13.1 Å². The second-order valence-corrected chi connectivity index (χ2v) is 6.45. The Morgan fingerprint density at radius 1 is 0.931 bits per heavy atom. The number of hydrogen-bond acceptors (Lipinski definition) is 4. The van der Waals surface area contributed by atoms with Crippen molar-refractivity contribution in [1.29, 1.82) is 0 Å². The molecule has 0 aliphatic heterocycles. The van der Waals surface area contributed by atoms with Crippen molar-refractivity contribution < 1.29 is 19.1 Å². The van der Waals surface area contributed by atoms with Gasteiger partial charge in [0.2, 0.25) is 5.91 Å². The first-order chi connectivity index (χ1) is 14.0. The maximum atomic E-state index is 13.0. The molecule has 7 nitrogen and oxygen atoms in total. The Hall–Kier alpha value is -3.35. The fraction of sp³-hybridized carbons (Fsp3) is 0.318. The van der Waals surface area contributed by atoms with Crippen LogP contribution in [0.5, 0.6) is 0 Å². The summed E-state index contributed by atoms with van der Waals surface area (Å²) in [5.41, 5.74) is 1.78. The van der Waals surface area contributed by atoms with E-state index < -0.39 is 23.9 Å². The summed E-state index contributed by atoms with van der Waals surface area (Å²) >= 11 is 0. The summed E-state index contributed by atoms with van der Waals surface area (Å²) in [5, 5.41) is 5.54. The smallest absolute Gasteiger partial charge is 0.318 e. The zero-order valence-electron chi connectivity index (χ0n) is 16.8. The molecule has 2 N–H and O–H groups in total. The van der Waals surface area contributed by atoms with Gasteiger partial charge in [-0.3, -0.25) is 9.59 Å². The van der Waals surface area contributed by atoms with E-state index in [1.807, 2.05) is 60.7 Å². The highest BCUT2D eigenvalue weighted by atomic mass is 16.5. The summed E-state index contributed by atoms with van der Waals surface area (Å²) < 4.78 is 4.74. The van der Waals surface area contributed by atoms with E-state index >= 15 is 0 Å². The molecule has 0 aromatic heterocycles. The van der Waals surface area contributed by atoms with E-state index in [1.165, 1.54) is 12.0 Å². The van der Waals surface area contributed by atoms with Crippen LogP contribution in [0.15, 0.2) is 60.7 Å². The van der Waals surface area contributed by atoms with Crippen LogP contribution in [0.3, 0.4) is 0 Å². The van der Waals surface area contributed by atoms with Crippen LogP contribution in [0.4, 0.5) is 4.79 Å². The van der Waals surface area contributed by atoms with Crippen molar-refractivity contribution in [3.05, 3.63) is 71.8 Å². The molecule has 0 fully saturated rings. The second-order valence-electron chi connectivity index (χ2n) is 6.45. The Kier molecular flexibility index (Phi) is 8.69. The number of likely N-dealkylation sites (N-methyl/N-ethyl adjacent to an activating group) is 1. The van der Waals surface area contributed by atoms with Gasteiger partial charge in [-0.25, -0.2) is 4.79 Å². The van der Waals surface area contributed by atoms with Gasteiger partial charge < -0.3 is 20.3 Å². The van der Waals surface area contributed by atoms with Crippen LogP contribution in [0, 0.1) is 0 Å². The van der Waals surface area contributed by atoms with Crippen LogP contribution < -0.4 is 10.6 Å². The number of amides is 3. The van der Waals surface area contributed by atoms with Crippen molar-refractivity contribution in [2.75, 3.05) is 13.7 Å². The molecule has 0 radical (unpaired) electrons. The van der Waals surface area contributed by atoms with Gasteiger partial charge in [-0.1, -0.05) is 60.7 Å². The summed E-state index contributed by atoms with van der Waals surface area (Å²) in [7, 11) is 1.26. The molecule has 0 aliphatic carbocycles. The number of methoxy groups -OCH3 is 1. The molecule has 3 amide bonds. The predicted octanol–water partition coefficient (Wildman–Crippen LogP) is 2.47. The largest absolute Gasteiger partial charge is 0.469 e. The third kappa shape index (κ3) is 6.95. The highest BCUT2D eigenvalue weighted by molar-refractivity contribution is 5.90. The highest BCUT2D eigenvalue weighted by Crippen LogP contribution is 2.13. The molecule has 2 aromatic rings. The third-order valence-electron chi connectivity index (χ3n) is 4.36. The number of ether oxygens (including phenoxy) is 1. The zero-order chi connectivity index (χ0) is 21.1. The van der Waals surface area contributed by atoms with Gasteiger partial charge in [-0.15, -0.1) is 0 Å². The molecule has 1 atom stereocenters. The van der Waals surface area contributed by atoms with Crippen molar-refractivity contribution >= 4 is 17.9 Å². The van der Waals surface area contributed by atoms with Gasteiger partial charge in [0.1, 0.15) is 6.04 Å². The van der Waals surface area contributed by atoms with Gasteiger partial charge in [0.05, 0.1) is 13.5 Å². The second kappa shape index (κ2) is 11.5. The van der Waals surface area contributed by atoms with Crippen LogP contribution >= 0.6 is 0 Å². The van der Waals surface area contributed by atoms with Crippen molar-refractivity contribution in [2.24, 2.45) is 0 Å². The average Bonchev–Trinajstić information content (AvgIpc) is 2.75. The number of hydrogen-bond donors (Lipinski definition) is 2. The van der Waals surface area contributed by atoms with E-state index in [0.717, 1.165) is 11.1 Å². The van der Waals surface area contributed by atoms with Crippen LogP contribution in [0.1, 0.15) is 24.5 Å². The number of benzene rings is 2. The first-order valence-corrected chi connectivity index (χ1v) is 9.52. The minimum Gasteiger partial charge on any atom is -0.469 e. The lowest BCUT2D eigenvalue weighted by Crippen LogP contribution is -2.53. The number of nitrogens with zero attached hydrogens (tertiary/aromatic N) is 1. The predicted molar refractivity (Wildman–Crippen MR) is 110 cm³/mol. The Balaban J connectivity index is 2.25. The summed E-state index contributed by atoms with van der Waals surface area (Å²) in [4.78, 5) is 39.0. The first kappa shape index (κ1) is 21.9. The lowest BCUT2D eigenvalue weighted by Gasteiger charge is -2.30. The van der Waals surface area contributed by atoms with Crippen molar-refractivity contribution in [1.82, 2.24) is 15.5 Å². The van der Waals surface area contributed by atoms with Gasteiger partial charge in [-0.2, -0.15) is 0 Å². The van der Waals surface area contributed by atoms with Gasteiger partial charge in [-0.05, 0) is 18.1 Å². The summed E-state index contributed by atoms with van der Waals surface area (Å²) in [6.45, 7) is 2.66. The summed E-state index contributed by atoms with van der Waals surface area (Å²) in [6, 6.07) is 17.4. The number of esters is 1. The Morgan fingerprint density at radius 2 is 1.52 bits per heavy atom. The topological polar surface area (TPSA) is 87.7 Å². The highest BCUT2D eigenvalue weighted by Gasteiger charge is 2.32. The quantitative estimate of drug-likeness (QED) is 0.637. The Labute approximate surface area is 171 Å². The SMILES string of the molecule is CCNC(=O)C(CC(=O)OC)N(Cc1ccccc1)C(=O)NCc1ccccc1. The molecule has 0 heterocycles. The molecular formula is C22H27N3O4. The van der Waals surface area contributed by atoms with Crippen LogP contribution in [-0.2, 0) is 27.4 Å². The van der Waals surface area contributed by atoms with Crippen LogP contribution in [0.2, 0.25) is 0 Å². The maximum Gasteiger partial charge on any atom is 0.318 e. The first-order valence-electron chi connectivity index (χ1n) is 9.52. The van der Waals surface area contributed by atoms with E-state index in [2.05, 4.69) is 10.6 Å². The molecular weight excluding hydrogens is 370 g/mol. The molecule has 154 valence electrons. The Morgan fingerprint density at radius 3 is 2.07 bits per heavy atom. The standard InChI is InChI=1S/C22H27N3O4/c1-3-23-21(27)19(14-20(26)29-2)25(16-18-12-8-5-9-13-18)22(28)24-15-17-10-6-4-7-11-17/h4-13,19H,3,14-16H2,1-2H3,(H,23,27)(H,24,28). The zero-order valence-corrected chi connectivity index (χ0v) is 16.8. The lowest BCUT2D eigenvalue weighted by molar-refractivity contribution is -0.144. The molecule has 0 spiro atoms. The normalized spacial score (nSPS) is 11.2. The monoisotopic (exact) mass is 397 g/mol. The maximum absolute atomic E-state index is 13.0. The number of urea groups is 1. The molecule has 0 saturated heterocycles. The summed E-state index contributed by atoms with van der Waals surface area (Å²) in [5.74, 6) is -0.959. The van der Waals surface area contributed by atoms with E-state index in [9.17, 15) is 14.4 Å². The minimum absolute atomic E-state index is 0.181. The van der Waals surface area contributed by atoms with E-state index in [4.69, 9.17) is 4.74 Å². The van der Waals surface area contributed by atoms with Crippen molar-refractivity contribution in [3.63, 3.8) is 0 Å². The number of carbonyl (C=O) groups excluding carboxylic acids is 3. The van der Waals surface area contributed by atoms with Gasteiger partial charge >= 0.3 is 12.0 Å². The van der Waals surface area contributed by atoms with Crippen LogP contribution in [-0.4, -0.2) is 42.5 Å². The molecule has 0 bridgehead atoms. The third-order valence-corrected chi connectivity index (χ3v) is 4.36. The molecule has 0 saturated carbocycles. The molecule has 2 rings (SSSR count). The summed E-state index contributed by atoms with van der Waals surface area (Å²) in [6.07, 6.45) is -0.228. The van der Waals surface area contributed by atoms with Gasteiger partial charge in [0.15, 0.2) is 0 Å². The van der Waals surface area contributed by atoms with Crippen LogP contribution in [0.25, 0.3) is 0 Å². The van der Waals surface area contributed by atoms with Crippen molar-refractivity contribution in [3.8, 4) is 0 Å². The van der Waals surface area contributed by atoms with Crippen molar-refractivity contribution in [2.45, 2.75) is 32.5 Å². The molecule has 1 unspecified atom stereocenters. The molecule has 29 heavy (non-hydrogen) atoms. The molecule has 0 aliphatic rings. The number of rotatable bonds is 9. The molecule has 7 heteroatoms. The fourth-order valence-corrected chi connectivity index (χ4v) is 2.86. The number of carbonyl (C=O) groups is 3. The van der Waals surface area contributed by atoms with Gasteiger partial charge in [0.25, 0.3) is 0 Å². The van der Waals surface area contributed by atoms with Gasteiger partial charge in [0, 0.05) is 19.6 Å².